The van der Waals surface area contributed by atoms with E-state index in [0.29, 0.717) is 32.0 Å². The maximum Gasteiger partial charge on any atom is 0.269 e. The third kappa shape index (κ3) is 3.23. The number of nitrogens with one attached hydrogen (secondary N) is 1. The van der Waals surface area contributed by atoms with Crippen molar-refractivity contribution in [3.8, 4) is 0 Å². The van der Waals surface area contributed by atoms with E-state index >= 15 is 0 Å². The highest BCUT2D eigenvalue weighted by atomic mass is 16.6. The van der Waals surface area contributed by atoms with Crippen molar-refractivity contribution in [1.82, 2.24) is 4.90 Å². The summed E-state index contributed by atoms with van der Waals surface area (Å²) in [7, 11) is 0. The van der Waals surface area contributed by atoms with Crippen molar-refractivity contribution in [2.75, 3.05) is 31.8 Å². The van der Waals surface area contributed by atoms with Crippen LogP contribution < -0.4 is 11.3 Å². The Balaban J connectivity index is 2.21. The van der Waals surface area contributed by atoms with E-state index in [-0.39, 0.29) is 18.3 Å². The Morgan fingerprint density at radius 3 is 3.05 bits per heavy atom. The predicted molar refractivity (Wildman–Crippen MR) is 73.0 cm³/mol. The third-order valence-electron chi connectivity index (χ3n) is 3.39. The van der Waals surface area contributed by atoms with Crippen molar-refractivity contribution >= 4 is 11.4 Å². The molecule has 1 aliphatic heterocycles. The Kier molecular flexibility index (Phi) is 4.85. The number of morpholine rings is 1. The lowest BCUT2D eigenvalue weighted by Crippen LogP contribution is -2.46. The topological polar surface area (TPSA) is 114 Å². The average molecular weight is 282 g/mol. The molecule has 1 heterocycles. The molecule has 8 heteroatoms. The molecule has 1 fully saturated rings. The molecule has 1 saturated heterocycles. The van der Waals surface area contributed by atoms with Crippen LogP contribution in [0.2, 0.25) is 0 Å². The van der Waals surface area contributed by atoms with Gasteiger partial charge < -0.3 is 15.3 Å². The average Bonchev–Trinajstić information content (AvgIpc) is 2.47. The number of benzene rings is 1. The zero-order valence-electron chi connectivity index (χ0n) is 11.0. The lowest BCUT2D eigenvalue weighted by Gasteiger charge is -2.34. The van der Waals surface area contributed by atoms with Crippen LogP contribution in [-0.2, 0) is 11.3 Å². The fraction of sp³-hybridized carbons (Fsp3) is 0.500. The highest BCUT2D eigenvalue weighted by Gasteiger charge is 2.23. The molecule has 1 unspecified atom stereocenters. The first-order valence-electron chi connectivity index (χ1n) is 6.32. The van der Waals surface area contributed by atoms with E-state index < -0.39 is 4.92 Å². The van der Waals surface area contributed by atoms with Gasteiger partial charge in [0.25, 0.3) is 5.69 Å². The summed E-state index contributed by atoms with van der Waals surface area (Å²) in [6, 6.07) is 4.39. The Morgan fingerprint density at radius 2 is 2.40 bits per heavy atom. The summed E-state index contributed by atoms with van der Waals surface area (Å²) in [5.41, 5.74) is 3.92. The SMILES string of the molecule is NNc1ccc([N+](=O)[O-])cc1CN1CCOCC1CO. The first kappa shape index (κ1) is 14.7. The van der Waals surface area contributed by atoms with E-state index in [2.05, 4.69) is 5.43 Å². The van der Waals surface area contributed by atoms with Crippen LogP contribution >= 0.6 is 0 Å². The van der Waals surface area contributed by atoms with Crippen LogP contribution in [0.1, 0.15) is 5.56 Å². The van der Waals surface area contributed by atoms with Gasteiger partial charge in [0, 0.05) is 25.2 Å². The van der Waals surface area contributed by atoms with Crippen molar-refractivity contribution in [1.29, 1.82) is 0 Å². The number of aliphatic hydroxyl groups excluding tert-OH is 1. The number of rotatable bonds is 5. The van der Waals surface area contributed by atoms with Crippen LogP contribution in [0.25, 0.3) is 0 Å². The highest BCUT2D eigenvalue weighted by Crippen LogP contribution is 2.24. The quantitative estimate of drug-likeness (QED) is 0.398. The second-order valence-corrected chi connectivity index (χ2v) is 4.62. The number of nitrogen functional groups attached to an aromatic ring is 1. The molecule has 8 nitrogen and oxygen atoms in total. The monoisotopic (exact) mass is 282 g/mol. The molecule has 4 N–H and O–H groups in total. The zero-order chi connectivity index (χ0) is 14.5. The van der Waals surface area contributed by atoms with Crippen molar-refractivity contribution in [2.24, 2.45) is 5.84 Å². The van der Waals surface area contributed by atoms with Gasteiger partial charge in [-0.3, -0.25) is 20.9 Å². The lowest BCUT2D eigenvalue weighted by molar-refractivity contribution is -0.384. The first-order chi connectivity index (χ1) is 9.65. The number of ether oxygens (including phenoxy) is 1. The summed E-state index contributed by atoms with van der Waals surface area (Å²) in [4.78, 5) is 12.4. The van der Waals surface area contributed by atoms with Gasteiger partial charge in [-0.05, 0) is 11.6 Å². The third-order valence-corrected chi connectivity index (χ3v) is 3.39. The van der Waals surface area contributed by atoms with E-state index in [0.717, 1.165) is 5.56 Å². The first-order valence-corrected chi connectivity index (χ1v) is 6.32. The molecule has 0 amide bonds. The van der Waals surface area contributed by atoms with Crippen LogP contribution in [0.4, 0.5) is 11.4 Å². The van der Waals surface area contributed by atoms with Crippen molar-refractivity contribution in [2.45, 2.75) is 12.6 Å². The second-order valence-electron chi connectivity index (χ2n) is 4.62. The van der Waals surface area contributed by atoms with Crippen LogP contribution in [0, 0.1) is 10.1 Å². The summed E-state index contributed by atoms with van der Waals surface area (Å²) in [5.74, 6) is 5.44. The fourth-order valence-corrected chi connectivity index (χ4v) is 2.25. The summed E-state index contributed by atoms with van der Waals surface area (Å²) in [5, 5.41) is 20.2. The van der Waals surface area contributed by atoms with Gasteiger partial charge >= 0.3 is 0 Å². The second kappa shape index (κ2) is 6.62. The Hall–Kier alpha value is -1.74. The molecule has 0 aromatic heterocycles. The van der Waals surface area contributed by atoms with E-state index in [1.54, 1.807) is 6.07 Å². The number of hydrogen-bond donors (Lipinski definition) is 3. The number of aliphatic hydroxyl groups is 1. The molecule has 0 radical (unpaired) electrons. The molecule has 0 aliphatic carbocycles. The van der Waals surface area contributed by atoms with Gasteiger partial charge in [-0.1, -0.05) is 0 Å². The number of nitrogens with two attached hydrogens (primary N) is 1. The minimum atomic E-state index is -0.438. The summed E-state index contributed by atoms with van der Waals surface area (Å²) in [6.45, 7) is 2.15. The number of non-ortho nitro benzene ring substituents is 1. The minimum Gasteiger partial charge on any atom is -0.395 e. The van der Waals surface area contributed by atoms with Gasteiger partial charge in [0.15, 0.2) is 0 Å². The van der Waals surface area contributed by atoms with Crippen molar-refractivity contribution in [3.05, 3.63) is 33.9 Å². The summed E-state index contributed by atoms with van der Waals surface area (Å²) >= 11 is 0. The standard InChI is InChI=1S/C12H18N4O4/c13-14-12-2-1-10(16(18)19)5-9(12)6-15-3-4-20-8-11(15)7-17/h1-2,5,11,14,17H,3-4,6-8,13H2. The normalized spacial score (nSPS) is 19.8. The molecule has 110 valence electrons. The van der Waals surface area contributed by atoms with Gasteiger partial charge in [-0.2, -0.15) is 0 Å². The molecule has 0 saturated carbocycles. The number of hydrogen-bond acceptors (Lipinski definition) is 7. The van der Waals surface area contributed by atoms with Gasteiger partial charge in [0.2, 0.25) is 0 Å². The summed E-state index contributed by atoms with van der Waals surface area (Å²) in [6.07, 6.45) is 0. The molecular weight excluding hydrogens is 264 g/mol. The maximum atomic E-state index is 10.8. The molecular formula is C12H18N4O4. The van der Waals surface area contributed by atoms with Gasteiger partial charge in [0.1, 0.15) is 0 Å². The molecule has 2 rings (SSSR count). The molecule has 1 aromatic rings. The van der Waals surface area contributed by atoms with Gasteiger partial charge in [-0.25, -0.2) is 0 Å². The molecule has 1 aliphatic rings. The van der Waals surface area contributed by atoms with Crippen LogP contribution in [0.5, 0.6) is 0 Å². The molecule has 1 atom stereocenters. The number of nitrogens with zero attached hydrogens (tertiary/aromatic N) is 2. The minimum absolute atomic E-state index is 0.0136. The number of anilines is 1. The van der Waals surface area contributed by atoms with E-state index in [1.807, 2.05) is 4.90 Å². The van der Waals surface area contributed by atoms with Gasteiger partial charge in [-0.15, -0.1) is 0 Å². The number of nitro benzene ring substituents is 1. The van der Waals surface area contributed by atoms with Crippen LogP contribution in [0.15, 0.2) is 18.2 Å². The Bertz CT molecular complexity index is 483. The lowest BCUT2D eigenvalue weighted by atomic mass is 10.1. The van der Waals surface area contributed by atoms with E-state index in [9.17, 15) is 15.2 Å². The van der Waals surface area contributed by atoms with Crippen molar-refractivity contribution in [3.63, 3.8) is 0 Å². The summed E-state index contributed by atoms with van der Waals surface area (Å²) < 4.78 is 5.31. The highest BCUT2D eigenvalue weighted by molar-refractivity contribution is 5.55. The molecule has 0 spiro atoms. The molecule has 1 aromatic carbocycles. The largest absolute Gasteiger partial charge is 0.395 e. The smallest absolute Gasteiger partial charge is 0.269 e. The van der Waals surface area contributed by atoms with E-state index in [4.69, 9.17) is 10.6 Å². The Morgan fingerprint density at radius 1 is 1.60 bits per heavy atom. The zero-order valence-corrected chi connectivity index (χ0v) is 11.0. The number of hydrazine groups is 1. The van der Waals surface area contributed by atoms with Gasteiger partial charge in [0.05, 0.1) is 36.5 Å². The van der Waals surface area contributed by atoms with Crippen LogP contribution in [-0.4, -0.2) is 47.3 Å². The fourth-order valence-electron chi connectivity index (χ4n) is 2.25. The maximum absolute atomic E-state index is 10.8. The van der Waals surface area contributed by atoms with Crippen LogP contribution in [0.3, 0.4) is 0 Å². The van der Waals surface area contributed by atoms with E-state index in [1.165, 1.54) is 12.1 Å². The van der Waals surface area contributed by atoms with Crippen molar-refractivity contribution < 1.29 is 14.8 Å². The molecule has 0 bridgehead atoms. The number of nitro groups is 1. The Labute approximate surface area is 116 Å². The predicted octanol–water partition coefficient (Wildman–Crippen LogP) is 0.0735. The molecule has 20 heavy (non-hydrogen) atoms.